The van der Waals surface area contributed by atoms with Crippen LogP contribution in [0, 0.1) is 5.82 Å². The molecule has 0 fully saturated rings. The minimum absolute atomic E-state index is 0.0304. The molecule has 0 radical (unpaired) electrons. The molecule has 2 nitrogen and oxygen atoms in total. The molecular weight excluding hydrogens is 231 g/mol. The summed E-state index contributed by atoms with van der Waals surface area (Å²) in [5.74, 6) is -0.366. The molecule has 0 amide bonds. The lowest BCUT2D eigenvalue weighted by Crippen LogP contribution is -2.14. The third-order valence-corrected chi connectivity index (χ3v) is 2.67. The maximum atomic E-state index is 12.8. The predicted octanol–water partition coefficient (Wildman–Crippen LogP) is 3.02. The summed E-state index contributed by atoms with van der Waals surface area (Å²) < 4.78 is 17.8. The minimum atomic E-state index is -0.397. The lowest BCUT2D eigenvalue weighted by molar-refractivity contribution is -0.120. The lowest BCUT2D eigenvalue weighted by Gasteiger charge is -2.08. The van der Waals surface area contributed by atoms with Crippen molar-refractivity contribution in [3.05, 3.63) is 34.6 Å². The Balaban J connectivity index is 2.63. The van der Waals surface area contributed by atoms with Gasteiger partial charge in [0, 0.05) is 25.0 Å². The maximum Gasteiger partial charge on any atom is 0.139 e. The van der Waals surface area contributed by atoms with Crippen LogP contribution in [0.3, 0.4) is 0 Å². The SMILES string of the molecule is COC(C)CC(=O)Cc1ccc(F)cc1Cl. The van der Waals surface area contributed by atoms with Gasteiger partial charge in [-0.05, 0) is 24.6 Å². The van der Waals surface area contributed by atoms with Crippen LogP contribution in [0.5, 0.6) is 0 Å². The van der Waals surface area contributed by atoms with E-state index in [4.69, 9.17) is 16.3 Å². The van der Waals surface area contributed by atoms with Gasteiger partial charge in [0.2, 0.25) is 0 Å². The van der Waals surface area contributed by atoms with Crippen LogP contribution < -0.4 is 0 Å². The molecule has 1 rings (SSSR count). The van der Waals surface area contributed by atoms with Gasteiger partial charge in [-0.3, -0.25) is 4.79 Å². The second kappa shape index (κ2) is 5.97. The Labute approximate surface area is 99.4 Å². The molecule has 0 N–H and O–H groups in total. The van der Waals surface area contributed by atoms with E-state index in [0.29, 0.717) is 17.0 Å². The van der Waals surface area contributed by atoms with Gasteiger partial charge < -0.3 is 4.74 Å². The Morgan fingerprint density at radius 2 is 2.25 bits per heavy atom. The second-order valence-corrected chi connectivity index (χ2v) is 4.11. The van der Waals surface area contributed by atoms with Crippen LogP contribution in [0.15, 0.2) is 18.2 Å². The van der Waals surface area contributed by atoms with Crippen molar-refractivity contribution in [2.24, 2.45) is 0 Å². The quantitative estimate of drug-likeness (QED) is 0.796. The van der Waals surface area contributed by atoms with Crippen molar-refractivity contribution in [1.82, 2.24) is 0 Å². The Bertz CT molecular complexity index is 379. The smallest absolute Gasteiger partial charge is 0.139 e. The zero-order chi connectivity index (χ0) is 12.1. The zero-order valence-corrected chi connectivity index (χ0v) is 10.1. The van der Waals surface area contributed by atoms with Crippen molar-refractivity contribution >= 4 is 17.4 Å². The van der Waals surface area contributed by atoms with Gasteiger partial charge in [-0.25, -0.2) is 4.39 Å². The van der Waals surface area contributed by atoms with Crippen molar-refractivity contribution in [1.29, 1.82) is 0 Å². The topological polar surface area (TPSA) is 26.3 Å². The van der Waals surface area contributed by atoms with Gasteiger partial charge in [0.1, 0.15) is 11.6 Å². The number of ether oxygens (including phenoxy) is 1. The van der Waals surface area contributed by atoms with Crippen molar-refractivity contribution < 1.29 is 13.9 Å². The first-order valence-electron chi connectivity index (χ1n) is 5.01. The summed E-state index contributed by atoms with van der Waals surface area (Å²) in [5, 5.41) is 0.290. The number of benzene rings is 1. The molecule has 88 valence electrons. The van der Waals surface area contributed by atoms with Crippen LogP contribution in [-0.2, 0) is 16.0 Å². The van der Waals surface area contributed by atoms with E-state index in [1.807, 2.05) is 6.92 Å². The van der Waals surface area contributed by atoms with Crippen molar-refractivity contribution in [2.45, 2.75) is 25.9 Å². The number of halogens is 2. The van der Waals surface area contributed by atoms with E-state index >= 15 is 0 Å². The molecule has 1 aromatic carbocycles. The largest absolute Gasteiger partial charge is 0.381 e. The molecule has 0 aliphatic heterocycles. The fraction of sp³-hybridized carbons (Fsp3) is 0.417. The van der Waals surface area contributed by atoms with Crippen LogP contribution in [0.2, 0.25) is 5.02 Å². The third-order valence-electron chi connectivity index (χ3n) is 2.32. The van der Waals surface area contributed by atoms with E-state index in [2.05, 4.69) is 0 Å². The minimum Gasteiger partial charge on any atom is -0.381 e. The predicted molar refractivity (Wildman–Crippen MR) is 61.2 cm³/mol. The molecular formula is C12H14ClFO2. The summed E-state index contributed by atoms with van der Waals surface area (Å²) in [6.45, 7) is 1.82. The molecule has 0 aromatic heterocycles. The summed E-state index contributed by atoms with van der Waals surface area (Å²) in [7, 11) is 1.56. The molecule has 16 heavy (non-hydrogen) atoms. The summed E-state index contributed by atoms with van der Waals surface area (Å²) in [4.78, 5) is 11.6. The molecule has 0 bridgehead atoms. The Morgan fingerprint density at radius 3 is 2.81 bits per heavy atom. The van der Waals surface area contributed by atoms with Gasteiger partial charge in [-0.2, -0.15) is 0 Å². The number of Topliss-reactive ketones (excluding diaryl/α,β-unsaturated/α-hetero) is 1. The average Bonchev–Trinajstić information content (AvgIpc) is 2.22. The van der Waals surface area contributed by atoms with Crippen LogP contribution in [0.4, 0.5) is 4.39 Å². The maximum absolute atomic E-state index is 12.8. The lowest BCUT2D eigenvalue weighted by atomic mass is 10.1. The number of carbonyl (C=O) groups is 1. The zero-order valence-electron chi connectivity index (χ0n) is 9.30. The van der Waals surface area contributed by atoms with E-state index in [9.17, 15) is 9.18 Å². The monoisotopic (exact) mass is 244 g/mol. The van der Waals surface area contributed by atoms with Gasteiger partial charge in [-0.1, -0.05) is 17.7 Å². The van der Waals surface area contributed by atoms with E-state index in [1.54, 1.807) is 7.11 Å². The van der Waals surface area contributed by atoms with Crippen molar-refractivity contribution in [3.8, 4) is 0 Å². The van der Waals surface area contributed by atoms with Crippen LogP contribution in [-0.4, -0.2) is 19.0 Å². The molecule has 0 heterocycles. The van der Waals surface area contributed by atoms with E-state index in [-0.39, 0.29) is 18.3 Å². The molecule has 0 aliphatic carbocycles. The summed E-state index contributed by atoms with van der Waals surface area (Å²) in [5.41, 5.74) is 0.649. The van der Waals surface area contributed by atoms with E-state index in [1.165, 1.54) is 18.2 Å². The number of hydrogen-bond donors (Lipinski definition) is 0. The second-order valence-electron chi connectivity index (χ2n) is 3.70. The number of carbonyl (C=O) groups excluding carboxylic acids is 1. The third kappa shape index (κ3) is 3.91. The summed E-state index contributed by atoms with van der Waals surface area (Å²) in [6, 6.07) is 4.05. The van der Waals surface area contributed by atoms with Gasteiger partial charge >= 0.3 is 0 Å². The molecule has 4 heteroatoms. The van der Waals surface area contributed by atoms with Crippen molar-refractivity contribution in [3.63, 3.8) is 0 Å². The Kier molecular flexibility index (Phi) is 4.90. The van der Waals surface area contributed by atoms with Gasteiger partial charge in [0.05, 0.1) is 6.10 Å². The molecule has 1 atom stereocenters. The van der Waals surface area contributed by atoms with E-state index in [0.717, 1.165) is 0 Å². The number of ketones is 1. The van der Waals surface area contributed by atoms with Crippen LogP contribution >= 0.6 is 11.6 Å². The Hall–Kier alpha value is -0.930. The van der Waals surface area contributed by atoms with Gasteiger partial charge in [0.15, 0.2) is 0 Å². The van der Waals surface area contributed by atoms with Crippen LogP contribution in [0.25, 0.3) is 0 Å². The number of rotatable bonds is 5. The van der Waals surface area contributed by atoms with E-state index < -0.39 is 5.82 Å². The fourth-order valence-corrected chi connectivity index (χ4v) is 1.59. The fourth-order valence-electron chi connectivity index (χ4n) is 1.35. The first-order valence-corrected chi connectivity index (χ1v) is 5.39. The normalized spacial score (nSPS) is 12.5. The molecule has 0 aliphatic rings. The molecule has 0 spiro atoms. The standard InChI is InChI=1S/C12H14ClFO2/c1-8(16-2)5-11(15)6-9-3-4-10(14)7-12(9)13/h3-4,7-8H,5-6H2,1-2H3. The van der Waals surface area contributed by atoms with Crippen LogP contribution in [0.1, 0.15) is 18.9 Å². The van der Waals surface area contributed by atoms with Crippen molar-refractivity contribution in [2.75, 3.05) is 7.11 Å². The molecule has 0 saturated carbocycles. The number of methoxy groups -OCH3 is 1. The highest BCUT2D eigenvalue weighted by Crippen LogP contribution is 2.18. The molecule has 1 aromatic rings. The van der Waals surface area contributed by atoms with Gasteiger partial charge in [0.25, 0.3) is 0 Å². The first-order chi connectivity index (χ1) is 7.52. The number of hydrogen-bond acceptors (Lipinski definition) is 2. The highest BCUT2D eigenvalue weighted by atomic mass is 35.5. The summed E-state index contributed by atoms with van der Waals surface area (Å²) >= 11 is 5.82. The average molecular weight is 245 g/mol. The Morgan fingerprint density at radius 1 is 1.56 bits per heavy atom. The van der Waals surface area contributed by atoms with Gasteiger partial charge in [-0.15, -0.1) is 0 Å². The first kappa shape index (κ1) is 13.1. The molecule has 0 saturated heterocycles. The highest BCUT2D eigenvalue weighted by Gasteiger charge is 2.11. The molecule has 1 unspecified atom stereocenters. The summed E-state index contributed by atoms with van der Waals surface area (Å²) in [6.07, 6.45) is 0.448. The highest BCUT2D eigenvalue weighted by molar-refractivity contribution is 6.31.